The average Bonchev–Trinajstić information content (AvgIpc) is 2.28. The van der Waals surface area contributed by atoms with Gasteiger partial charge in [-0.2, -0.15) is 0 Å². The summed E-state index contributed by atoms with van der Waals surface area (Å²) in [6.45, 7) is 2.90. The Morgan fingerprint density at radius 2 is 2.31 bits per heavy atom. The minimum Gasteiger partial charge on any atom is -0.465 e. The number of methoxy groups -OCH3 is 1. The van der Waals surface area contributed by atoms with E-state index >= 15 is 0 Å². The monoisotopic (exact) mass is 223 g/mol. The topological polar surface area (TPSA) is 68.5 Å². The van der Waals surface area contributed by atoms with E-state index in [1.807, 2.05) is 11.9 Å². The zero-order valence-corrected chi connectivity index (χ0v) is 9.86. The minimum atomic E-state index is -0.439. The zero-order chi connectivity index (χ0) is 12.1. The van der Waals surface area contributed by atoms with Crippen LogP contribution in [0.2, 0.25) is 0 Å². The van der Waals surface area contributed by atoms with Crippen LogP contribution in [0.1, 0.15) is 23.7 Å². The van der Waals surface area contributed by atoms with E-state index in [1.165, 1.54) is 7.11 Å². The summed E-state index contributed by atoms with van der Waals surface area (Å²) < 4.78 is 4.65. The van der Waals surface area contributed by atoms with Gasteiger partial charge in [-0.15, -0.1) is 0 Å². The number of pyridine rings is 1. The SMILES string of the molecule is CCCN(C)c1nccc(C(=O)OC)c1N. The first-order valence-electron chi connectivity index (χ1n) is 5.15. The molecular weight excluding hydrogens is 206 g/mol. The molecule has 0 bridgehead atoms. The van der Waals surface area contributed by atoms with E-state index in [4.69, 9.17) is 5.73 Å². The van der Waals surface area contributed by atoms with Gasteiger partial charge < -0.3 is 15.4 Å². The lowest BCUT2D eigenvalue weighted by Gasteiger charge is -2.19. The van der Waals surface area contributed by atoms with Gasteiger partial charge in [-0.05, 0) is 12.5 Å². The van der Waals surface area contributed by atoms with Gasteiger partial charge in [0.25, 0.3) is 0 Å². The maximum Gasteiger partial charge on any atom is 0.340 e. The van der Waals surface area contributed by atoms with E-state index in [-0.39, 0.29) is 0 Å². The van der Waals surface area contributed by atoms with Crippen LogP contribution in [0.25, 0.3) is 0 Å². The van der Waals surface area contributed by atoms with Gasteiger partial charge in [0, 0.05) is 19.8 Å². The van der Waals surface area contributed by atoms with Crippen LogP contribution < -0.4 is 10.6 Å². The summed E-state index contributed by atoms with van der Waals surface area (Å²) in [5, 5.41) is 0. The predicted molar refractivity (Wildman–Crippen MR) is 63.5 cm³/mol. The van der Waals surface area contributed by atoms with Gasteiger partial charge in [0.05, 0.1) is 18.4 Å². The Morgan fingerprint density at radius 1 is 1.62 bits per heavy atom. The van der Waals surface area contributed by atoms with Crippen LogP contribution in [0.3, 0.4) is 0 Å². The Kier molecular flexibility index (Phi) is 4.10. The molecule has 0 aromatic carbocycles. The number of hydrogen-bond donors (Lipinski definition) is 1. The highest BCUT2D eigenvalue weighted by Gasteiger charge is 2.15. The van der Waals surface area contributed by atoms with Crippen LogP contribution >= 0.6 is 0 Å². The second kappa shape index (κ2) is 5.34. The van der Waals surface area contributed by atoms with Gasteiger partial charge in [0.1, 0.15) is 0 Å². The highest BCUT2D eigenvalue weighted by molar-refractivity contribution is 5.97. The van der Waals surface area contributed by atoms with E-state index in [0.29, 0.717) is 17.1 Å². The molecule has 5 nitrogen and oxygen atoms in total. The number of ether oxygens (including phenoxy) is 1. The molecule has 1 heterocycles. The van der Waals surface area contributed by atoms with Crippen LogP contribution in [0.4, 0.5) is 11.5 Å². The fourth-order valence-electron chi connectivity index (χ4n) is 1.50. The van der Waals surface area contributed by atoms with Crippen molar-refractivity contribution in [3.8, 4) is 0 Å². The number of aromatic nitrogens is 1. The number of carbonyl (C=O) groups is 1. The number of anilines is 2. The van der Waals surface area contributed by atoms with Gasteiger partial charge in [0.15, 0.2) is 5.82 Å². The zero-order valence-electron chi connectivity index (χ0n) is 9.86. The quantitative estimate of drug-likeness (QED) is 0.779. The van der Waals surface area contributed by atoms with Crippen LogP contribution in [0.15, 0.2) is 12.3 Å². The third-order valence-corrected chi connectivity index (χ3v) is 2.29. The second-order valence-corrected chi connectivity index (χ2v) is 3.51. The van der Waals surface area contributed by atoms with Crippen molar-refractivity contribution in [1.29, 1.82) is 0 Å². The Bertz CT molecular complexity index is 379. The fraction of sp³-hybridized carbons (Fsp3) is 0.455. The number of nitrogens with zero attached hydrogens (tertiary/aromatic N) is 2. The molecule has 5 heteroatoms. The summed E-state index contributed by atoms with van der Waals surface area (Å²) in [7, 11) is 3.22. The molecule has 1 aromatic heterocycles. The van der Waals surface area contributed by atoms with Crippen LogP contribution in [-0.4, -0.2) is 31.7 Å². The molecule has 0 fully saturated rings. The maximum absolute atomic E-state index is 11.4. The second-order valence-electron chi connectivity index (χ2n) is 3.51. The molecule has 0 unspecified atom stereocenters. The molecule has 0 aliphatic rings. The van der Waals surface area contributed by atoms with Gasteiger partial charge >= 0.3 is 5.97 Å². The third-order valence-electron chi connectivity index (χ3n) is 2.29. The largest absolute Gasteiger partial charge is 0.465 e. The van der Waals surface area contributed by atoms with Crippen molar-refractivity contribution >= 4 is 17.5 Å². The molecule has 0 amide bonds. The van der Waals surface area contributed by atoms with E-state index in [9.17, 15) is 4.79 Å². The van der Waals surface area contributed by atoms with Crippen molar-refractivity contribution in [3.63, 3.8) is 0 Å². The molecule has 0 saturated heterocycles. The molecule has 2 N–H and O–H groups in total. The molecule has 0 saturated carbocycles. The molecule has 0 aliphatic carbocycles. The number of carbonyl (C=O) groups excluding carboxylic acids is 1. The van der Waals surface area contributed by atoms with Gasteiger partial charge in [-0.3, -0.25) is 0 Å². The van der Waals surface area contributed by atoms with E-state index in [1.54, 1.807) is 12.3 Å². The fourth-order valence-corrected chi connectivity index (χ4v) is 1.50. The molecule has 0 aliphatic heterocycles. The van der Waals surface area contributed by atoms with E-state index in [0.717, 1.165) is 13.0 Å². The Morgan fingerprint density at radius 3 is 2.88 bits per heavy atom. The van der Waals surface area contributed by atoms with Crippen molar-refractivity contribution < 1.29 is 9.53 Å². The van der Waals surface area contributed by atoms with Crippen molar-refractivity contribution in [3.05, 3.63) is 17.8 Å². The molecule has 1 aromatic rings. The Labute approximate surface area is 95.2 Å². The number of nitrogen functional groups attached to an aromatic ring is 1. The van der Waals surface area contributed by atoms with Crippen LogP contribution in [0.5, 0.6) is 0 Å². The number of nitrogens with two attached hydrogens (primary N) is 1. The lowest BCUT2D eigenvalue weighted by Crippen LogP contribution is -2.21. The number of rotatable bonds is 4. The number of hydrogen-bond acceptors (Lipinski definition) is 5. The molecule has 1 rings (SSSR count). The number of esters is 1. The molecule has 0 radical (unpaired) electrons. The van der Waals surface area contributed by atoms with Crippen LogP contribution in [-0.2, 0) is 4.74 Å². The molecule has 16 heavy (non-hydrogen) atoms. The van der Waals surface area contributed by atoms with Crippen molar-refractivity contribution in [2.45, 2.75) is 13.3 Å². The predicted octanol–water partition coefficient (Wildman–Crippen LogP) is 1.30. The van der Waals surface area contributed by atoms with Gasteiger partial charge in [-0.25, -0.2) is 9.78 Å². The highest BCUT2D eigenvalue weighted by Crippen LogP contribution is 2.23. The first kappa shape index (κ1) is 12.3. The highest BCUT2D eigenvalue weighted by atomic mass is 16.5. The Hall–Kier alpha value is -1.78. The Balaban J connectivity index is 3.08. The van der Waals surface area contributed by atoms with E-state index < -0.39 is 5.97 Å². The summed E-state index contributed by atoms with van der Waals surface area (Å²) in [5.41, 5.74) is 6.61. The third kappa shape index (κ3) is 2.42. The maximum atomic E-state index is 11.4. The molecule has 88 valence electrons. The lowest BCUT2D eigenvalue weighted by atomic mass is 10.2. The summed E-state index contributed by atoms with van der Waals surface area (Å²) in [5.74, 6) is 0.177. The molecular formula is C11H17N3O2. The van der Waals surface area contributed by atoms with E-state index in [2.05, 4.69) is 16.6 Å². The average molecular weight is 223 g/mol. The first-order chi connectivity index (χ1) is 7.61. The molecule has 0 spiro atoms. The summed E-state index contributed by atoms with van der Waals surface area (Å²) in [4.78, 5) is 17.5. The first-order valence-corrected chi connectivity index (χ1v) is 5.15. The van der Waals surface area contributed by atoms with Crippen molar-refractivity contribution in [1.82, 2.24) is 4.98 Å². The summed E-state index contributed by atoms with van der Waals surface area (Å²) >= 11 is 0. The van der Waals surface area contributed by atoms with Crippen LogP contribution in [0, 0.1) is 0 Å². The normalized spacial score (nSPS) is 9.94. The van der Waals surface area contributed by atoms with Crippen molar-refractivity contribution in [2.24, 2.45) is 0 Å². The van der Waals surface area contributed by atoms with Gasteiger partial charge in [0.2, 0.25) is 0 Å². The summed E-state index contributed by atoms with van der Waals surface area (Å²) in [6, 6.07) is 1.56. The minimum absolute atomic E-state index is 0.357. The summed E-state index contributed by atoms with van der Waals surface area (Å²) in [6.07, 6.45) is 2.55. The van der Waals surface area contributed by atoms with Gasteiger partial charge in [-0.1, -0.05) is 6.92 Å². The molecule has 0 atom stereocenters. The lowest BCUT2D eigenvalue weighted by molar-refractivity contribution is 0.0602. The smallest absolute Gasteiger partial charge is 0.340 e. The standard InChI is InChI=1S/C11H17N3O2/c1-4-7-14(2)10-9(12)8(5-6-13-10)11(15)16-3/h5-6H,4,7,12H2,1-3H3. The van der Waals surface area contributed by atoms with Crippen molar-refractivity contribution in [2.75, 3.05) is 31.3 Å².